The summed E-state index contributed by atoms with van der Waals surface area (Å²) in [6, 6.07) is 14.6. The predicted octanol–water partition coefficient (Wildman–Crippen LogP) is 4.67. The molecule has 0 heterocycles. The van der Waals surface area contributed by atoms with Gasteiger partial charge in [-0.1, -0.05) is 38.0 Å². The van der Waals surface area contributed by atoms with Crippen molar-refractivity contribution < 1.29 is 19.1 Å². The van der Waals surface area contributed by atoms with Gasteiger partial charge < -0.3 is 25.4 Å². The Labute approximate surface area is 184 Å². The van der Waals surface area contributed by atoms with Crippen molar-refractivity contribution >= 4 is 28.9 Å². The van der Waals surface area contributed by atoms with Gasteiger partial charge >= 0.3 is 0 Å². The number of anilines is 3. The van der Waals surface area contributed by atoms with Crippen LogP contribution in [0, 0.1) is 0 Å². The van der Waals surface area contributed by atoms with E-state index in [-0.39, 0.29) is 18.4 Å². The van der Waals surface area contributed by atoms with Gasteiger partial charge in [0, 0.05) is 24.4 Å². The number of carbonyl (C=O) groups is 2. The first-order valence-electron chi connectivity index (χ1n) is 10.9. The monoisotopic (exact) mass is 427 g/mol. The Balaban J connectivity index is 1.83. The lowest BCUT2D eigenvalue weighted by Gasteiger charge is -2.13. The molecule has 2 amide bonds. The second kappa shape index (κ2) is 14.0. The summed E-state index contributed by atoms with van der Waals surface area (Å²) in [7, 11) is 0. The molecule has 0 aromatic heterocycles. The van der Waals surface area contributed by atoms with Gasteiger partial charge in [-0.05, 0) is 43.7 Å². The van der Waals surface area contributed by atoms with Gasteiger partial charge in [-0.15, -0.1) is 0 Å². The standard InChI is InChI=1S/C24H33N3O4/c1-3-5-6-14-23(28)26-20-11-9-10-19(17-20)25-18-24(29)27-21-12-7-8-13-22(21)31-16-15-30-4-2/h7-13,17,25H,3-6,14-16,18H2,1-2H3,(H,26,28)(H,27,29). The van der Waals surface area contributed by atoms with Gasteiger partial charge in [0.2, 0.25) is 11.8 Å². The van der Waals surface area contributed by atoms with Crippen molar-refractivity contribution in [3.63, 3.8) is 0 Å². The summed E-state index contributed by atoms with van der Waals surface area (Å²) in [5, 5.41) is 8.84. The first kappa shape index (κ1) is 24.2. The quantitative estimate of drug-likeness (QED) is 0.381. The molecule has 3 N–H and O–H groups in total. The molecule has 0 bridgehead atoms. The van der Waals surface area contributed by atoms with Crippen molar-refractivity contribution in [2.75, 3.05) is 42.3 Å². The zero-order valence-electron chi connectivity index (χ0n) is 18.4. The number of carbonyl (C=O) groups excluding carboxylic acids is 2. The molecule has 2 aromatic carbocycles. The molecule has 0 unspecified atom stereocenters. The number of benzene rings is 2. The van der Waals surface area contributed by atoms with E-state index >= 15 is 0 Å². The molecule has 0 aliphatic carbocycles. The molecule has 7 nitrogen and oxygen atoms in total. The highest BCUT2D eigenvalue weighted by atomic mass is 16.5. The third-order valence-corrected chi connectivity index (χ3v) is 4.46. The van der Waals surface area contributed by atoms with E-state index in [2.05, 4.69) is 22.9 Å². The first-order chi connectivity index (χ1) is 15.1. The molecule has 2 aromatic rings. The third kappa shape index (κ3) is 9.53. The van der Waals surface area contributed by atoms with Crippen molar-refractivity contribution in [2.24, 2.45) is 0 Å². The lowest BCUT2D eigenvalue weighted by atomic mass is 10.2. The molecule has 0 saturated carbocycles. The van der Waals surface area contributed by atoms with Crippen LogP contribution in [-0.4, -0.2) is 38.2 Å². The Hall–Kier alpha value is -3.06. The summed E-state index contributed by atoms with van der Waals surface area (Å²) >= 11 is 0. The molecule has 2 rings (SSSR count). The number of hydrogen-bond acceptors (Lipinski definition) is 5. The molecule has 168 valence electrons. The predicted molar refractivity (Wildman–Crippen MR) is 125 cm³/mol. The van der Waals surface area contributed by atoms with E-state index in [9.17, 15) is 9.59 Å². The van der Waals surface area contributed by atoms with Crippen molar-refractivity contribution in [3.05, 3.63) is 48.5 Å². The second-order valence-electron chi connectivity index (χ2n) is 7.03. The summed E-state index contributed by atoms with van der Waals surface area (Å²) in [6.07, 6.45) is 3.53. The maximum atomic E-state index is 12.4. The number of amides is 2. The molecular weight excluding hydrogens is 394 g/mol. The summed E-state index contributed by atoms with van der Waals surface area (Å²) in [4.78, 5) is 24.4. The Morgan fingerprint density at radius 2 is 1.68 bits per heavy atom. The van der Waals surface area contributed by atoms with Crippen LogP contribution in [0.4, 0.5) is 17.1 Å². The van der Waals surface area contributed by atoms with Gasteiger partial charge in [-0.2, -0.15) is 0 Å². The number of nitrogens with one attached hydrogen (secondary N) is 3. The Morgan fingerprint density at radius 3 is 2.48 bits per heavy atom. The molecule has 0 aliphatic heterocycles. The lowest BCUT2D eigenvalue weighted by Crippen LogP contribution is -2.22. The van der Waals surface area contributed by atoms with Gasteiger partial charge in [0.1, 0.15) is 12.4 Å². The number of unbranched alkanes of at least 4 members (excludes halogenated alkanes) is 2. The number of rotatable bonds is 14. The van der Waals surface area contributed by atoms with Crippen LogP contribution in [0.25, 0.3) is 0 Å². The van der Waals surface area contributed by atoms with Gasteiger partial charge in [0.05, 0.1) is 18.8 Å². The van der Waals surface area contributed by atoms with E-state index < -0.39 is 0 Å². The van der Waals surface area contributed by atoms with E-state index in [0.29, 0.717) is 43.4 Å². The molecule has 0 atom stereocenters. The highest BCUT2D eigenvalue weighted by Gasteiger charge is 2.08. The van der Waals surface area contributed by atoms with Crippen LogP contribution >= 0.6 is 0 Å². The van der Waals surface area contributed by atoms with Crippen LogP contribution in [0.5, 0.6) is 5.75 Å². The van der Waals surface area contributed by atoms with Crippen LogP contribution in [0.15, 0.2) is 48.5 Å². The Morgan fingerprint density at radius 1 is 0.871 bits per heavy atom. The molecule has 0 fully saturated rings. The molecule has 7 heteroatoms. The summed E-state index contributed by atoms with van der Waals surface area (Å²) in [5.74, 6) is 0.405. The maximum absolute atomic E-state index is 12.4. The molecule has 0 spiro atoms. The number of para-hydroxylation sites is 2. The van der Waals surface area contributed by atoms with Crippen LogP contribution in [0.1, 0.15) is 39.5 Å². The van der Waals surface area contributed by atoms with E-state index in [4.69, 9.17) is 9.47 Å². The van der Waals surface area contributed by atoms with Crippen LogP contribution in [0.2, 0.25) is 0 Å². The van der Waals surface area contributed by atoms with E-state index in [1.54, 1.807) is 6.07 Å². The summed E-state index contributed by atoms with van der Waals surface area (Å²) in [6.45, 7) is 5.66. The van der Waals surface area contributed by atoms with E-state index in [1.165, 1.54) is 0 Å². The lowest BCUT2D eigenvalue weighted by molar-refractivity contribution is -0.116. The number of ether oxygens (including phenoxy) is 2. The van der Waals surface area contributed by atoms with E-state index in [0.717, 1.165) is 24.9 Å². The molecule has 0 saturated heterocycles. The van der Waals surface area contributed by atoms with E-state index in [1.807, 2.05) is 49.4 Å². The normalized spacial score (nSPS) is 10.4. The molecule has 0 radical (unpaired) electrons. The minimum absolute atomic E-state index is 0.00397. The largest absolute Gasteiger partial charge is 0.489 e. The van der Waals surface area contributed by atoms with Gasteiger partial charge in [0.15, 0.2) is 0 Å². The van der Waals surface area contributed by atoms with Gasteiger partial charge in [-0.3, -0.25) is 9.59 Å². The van der Waals surface area contributed by atoms with Crippen LogP contribution in [0.3, 0.4) is 0 Å². The smallest absolute Gasteiger partial charge is 0.243 e. The number of hydrogen-bond donors (Lipinski definition) is 3. The van der Waals surface area contributed by atoms with Crippen molar-refractivity contribution in [1.82, 2.24) is 0 Å². The zero-order valence-corrected chi connectivity index (χ0v) is 18.4. The summed E-state index contributed by atoms with van der Waals surface area (Å²) < 4.78 is 11.0. The maximum Gasteiger partial charge on any atom is 0.243 e. The molecule has 31 heavy (non-hydrogen) atoms. The minimum atomic E-state index is -0.199. The highest BCUT2D eigenvalue weighted by Crippen LogP contribution is 2.23. The molecular formula is C24H33N3O4. The average Bonchev–Trinajstić information content (AvgIpc) is 2.77. The fourth-order valence-corrected chi connectivity index (χ4v) is 2.89. The Kier molecular flexibility index (Phi) is 11.0. The van der Waals surface area contributed by atoms with Crippen molar-refractivity contribution in [2.45, 2.75) is 39.5 Å². The molecule has 0 aliphatic rings. The van der Waals surface area contributed by atoms with Crippen LogP contribution in [-0.2, 0) is 14.3 Å². The zero-order chi connectivity index (χ0) is 22.3. The van der Waals surface area contributed by atoms with Crippen molar-refractivity contribution in [1.29, 1.82) is 0 Å². The first-order valence-corrected chi connectivity index (χ1v) is 10.9. The second-order valence-corrected chi connectivity index (χ2v) is 7.03. The van der Waals surface area contributed by atoms with Gasteiger partial charge in [0.25, 0.3) is 0 Å². The van der Waals surface area contributed by atoms with Gasteiger partial charge in [-0.25, -0.2) is 0 Å². The highest BCUT2D eigenvalue weighted by molar-refractivity contribution is 5.95. The Bertz CT molecular complexity index is 826. The third-order valence-electron chi connectivity index (χ3n) is 4.46. The fourth-order valence-electron chi connectivity index (χ4n) is 2.89. The summed E-state index contributed by atoms with van der Waals surface area (Å²) in [5.41, 5.74) is 2.07. The minimum Gasteiger partial charge on any atom is -0.489 e. The van der Waals surface area contributed by atoms with Crippen LogP contribution < -0.4 is 20.7 Å². The SMILES string of the molecule is CCCCCC(=O)Nc1cccc(NCC(=O)Nc2ccccc2OCCOCC)c1. The average molecular weight is 428 g/mol. The fraction of sp³-hybridized carbons (Fsp3) is 0.417. The van der Waals surface area contributed by atoms with Crippen molar-refractivity contribution in [3.8, 4) is 5.75 Å². The topological polar surface area (TPSA) is 88.7 Å².